The largest absolute Gasteiger partial charge is 0.497 e. The molecule has 0 aliphatic heterocycles. The van der Waals surface area contributed by atoms with Crippen LogP contribution in [0.15, 0.2) is 97.1 Å². The van der Waals surface area contributed by atoms with E-state index in [2.05, 4.69) is 5.32 Å². The first-order valence-corrected chi connectivity index (χ1v) is 13.7. The quantitative estimate of drug-likeness (QED) is 0.214. The number of amides is 2. The number of hydrogen-bond acceptors (Lipinski definition) is 4. The first kappa shape index (κ1) is 30.0. The third-order valence-corrected chi connectivity index (χ3v) is 7.02. The van der Waals surface area contributed by atoms with E-state index in [0.29, 0.717) is 41.0 Å². The van der Waals surface area contributed by atoms with Crippen molar-refractivity contribution in [2.75, 3.05) is 20.2 Å². The molecule has 0 aliphatic rings. The lowest BCUT2D eigenvalue weighted by Gasteiger charge is -2.24. The fourth-order valence-electron chi connectivity index (χ4n) is 4.74. The molecule has 4 aromatic carbocycles. The summed E-state index contributed by atoms with van der Waals surface area (Å²) in [6.45, 7) is 2.14. The molecule has 216 valence electrons. The lowest BCUT2D eigenvalue weighted by molar-refractivity contribution is -0.137. The zero-order valence-corrected chi connectivity index (χ0v) is 23.5. The van der Waals surface area contributed by atoms with E-state index >= 15 is 0 Å². The minimum absolute atomic E-state index is 0.0315. The van der Waals surface area contributed by atoms with Crippen molar-refractivity contribution in [3.05, 3.63) is 125 Å². The Balaban J connectivity index is 1.62. The van der Waals surface area contributed by atoms with E-state index in [1.807, 2.05) is 31.2 Å². The molecule has 42 heavy (non-hydrogen) atoms. The molecule has 4 aromatic rings. The van der Waals surface area contributed by atoms with Crippen LogP contribution in [-0.4, -0.2) is 48.0 Å². The molecule has 8 heteroatoms. The molecule has 0 radical (unpaired) electrons. The summed E-state index contributed by atoms with van der Waals surface area (Å²) in [5, 5.41) is 12.3. The number of carbonyl (C=O) groups is 3. The molecule has 0 aliphatic carbocycles. The number of nitrogens with zero attached hydrogens (tertiary/aromatic N) is 1. The van der Waals surface area contributed by atoms with Crippen molar-refractivity contribution >= 4 is 17.8 Å². The molecule has 4 rings (SSSR count). The average Bonchev–Trinajstić information content (AvgIpc) is 3.01. The second kappa shape index (κ2) is 14.1. The highest BCUT2D eigenvalue weighted by Gasteiger charge is 2.23. The molecule has 0 spiro atoms. The standard InChI is InChI=1S/C34H33FN2O5/c1-23(25-14-16-26(35)17-15-25)36-33(40)30-12-5-3-10-28(30)29-11-4-6-13-31(29)34(41)37(21-19-32(38)39)20-18-24-8-7-9-27(22-24)42-2/h3-17,22-23H,18-21H2,1-2H3,(H,36,40)(H,38,39). The van der Waals surface area contributed by atoms with Gasteiger partial charge in [-0.3, -0.25) is 14.4 Å². The van der Waals surface area contributed by atoms with Crippen molar-refractivity contribution in [3.63, 3.8) is 0 Å². The summed E-state index contributed by atoms with van der Waals surface area (Å²) in [4.78, 5) is 40.3. The topological polar surface area (TPSA) is 95.9 Å². The van der Waals surface area contributed by atoms with Gasteiger partial charge in [0, 0.05) is 24.2 Å². The smallest absolute Gasteiger partial charge is 0.305 e. The van der Waals surface area contributed by atoms with Crippen LogP contribution < -0.4 is 10.1 Å². The monoisotopic (exact) mass is 568 g/mol. The molecule has 1 atom stereocenters. The van der Waals surface area contributed by atoms with Gasteiger partial charge in [-0.1, -0.05) is 60.7 Å². The Hall–Kier alpha value is -4.98. The van der Waals surface area contributed by atoms with Crippen molar-refractivity contribution in [2.24, 2.45) is 0 Å². The second-order valence-electron chi connectivity index (χ2n) is 9.88. The number of halogens is 1. The molecule has 0 fully saturated rings. The fourth-order valence-corrected chi connectivity index (χ4v) is 4.74. The van der Waals surface area contributed by atoms with Gasteiger partial charge in [0.2, 0.25) is 0 Å². The van der Waals surface area contributed by atoms with Crippen LogP contribution >= 0.6 is 0 Å². The Kier molecular flexibility index (Phi) is 10.1. The molecule has 2 N–H and O–H groups in total. The van der Waals surface area contributed by atoms with Crippen LogP contribution in [0.3, 0.4) is 0 Å². The van der Waals surface area contributed by atoms with E-state index in [9.17, 15) is 23.9 Å². The number of rotatable bonds is 12. The van der Waals surface area contributed by atoms with Gasteiger partial charge in [-0.15, -0.1) is 0 Å². The molecule has 0 bridgehead atoms. The molecule has 1 unspecified atom stereocenters. The van der Waals surface area contributed by atoms with E-state index in [0.717, 1.165) is 11.1 Å². The summed E-state index contributed by atoms with van der Waals surface area (Å²) >= 11 is 0. The van der Waals surface area contributed by atoms with Crippen LogP contribution in [0, 0.1) is 5.82 Å². The maximum absolute atomic E-state index is 13.9. The number of aliphatic carboxylic acids is 1. The van der Waals surface area contributed by atoms with Gasteiger partial charge in [0.25, 0.3) is 11.8 Å². The minimum atomic E-state index is -1.00. The number of benzene rings is 4. The van der Waals surface area contributed by atoms with Gasteiger partial charge in [0.15, 0.2) is 0 Å². The summed E-state index contributed by atoms with van der Waals surface area (Å²) < 4.78 is 18.7. The molecule has 2 amide bonds. The minimum Gasteiger partial charge on any atom is -0.497 e. The second-order valence-corrected chi connectivity index (χ2v) is 9.88. The summed E-state index contributed by atoms with van der Waals surface area (Å²) in [5.41, 5.74) is 3.57. The summed E-state index contributed by atoms with van der Waals surface area (Å²) in [6.07, 6.45) is 0.303. The zero-order chi connectivity index (χ0) is 30.1. The lowest BCUT2D eigenvalue weighted by atomic mass is 9.94. The van der Waals surface area contributed by atoms with Crippen molar-refractivity contribution in [3.8, 4) is 16.9 Å². The molecule has 7 nitrogen and oxygen atoms in total. The van der Waals surface area contributed by atoms with Gasteiger partial charge < -0.3 is 20.1 Å². The fraction of sp³-hybridized carbons (Fsp3) is 0.206. The first-order chi connectivity index (χ1) is 20.3. The van der Waals surface area contributed by atoms with Crippen LogP contribution in [0.5, 0.6) is 5.75 Å². The number of carboxylic acid groups (broad SMARTS) is 1. The Morgan fingerprint density at radius 2 is 1.50 bits per heavy atom. The van der Waals surface area contributed by atoms with Gasteiger partial charge in [0.05, 0.1) is 19.6 Å². The Morgan fingerprint density at radius 3 is 2.17 bits per heavy atom. The molecule has 0 saturated heterocycles. The van der Waals surface area contributed by atoms with Gasteiger partial charge in [-0.2, -0.15) is 0 Å². The zero-order valence-electron chi connectivity index (χ0n) is 23.5. The predicted octanol–water partition coefficient (Wildman–Crippen LogP) is 6.15. The normalized spacial score (nSPS) is 11.4. The molecular weight excluding hydrogens is 535 g/mol. The molecular formula is C34H33FN2O5. The number of carbonyl (C=O) groups excluding carboxylic acids is 2. The highest BCUT2D eigenvalue weighted by atomic mass is 19.1. The van der Waals surface area contributed by atoms with Crippen molar-refractivity contribution in [1.29, 1.82) is 0 Å². The Labute approximate surface area is 244 Å². The maximum atomic E-state index is 13.9. The third-order valence-electron chi connectivity index (χ3n) is 7.02. The summed E-state index contributed by atoms with van der Waals surface area (Å²) in [7, 11) is 1.58. The van der Waals surface area contributed by atoms with Crippen molar-refractivity contribution in [2.45, 2.75) is 25.8 Å². The van der Waals surface area contributed by atoms with Crippen LogP contribution in [0.1, 0.15) is 51.2 Å². The maximum Gasteiger partial charge on any atom is 0.305 e. The molecule has 0 aromatic heterocycles. The van der Waals surface area contributed by atoms with E-state index < -0.39 is 5.97 Å². The number of ether oxygens (including phenoxy) is 1. The molecule has 0 saturated carbocycles. The average molecular weight is 569 g/mol. The van der Waals surface area contributed by atoms with Gasteiger partial charge in [-0.05, 0) is 72.0 Å². The van der Waals surface area contributed by atoms with Gasteiger partial charge >= 0.3 is 5.97 Å². The van der Waals surface area contributed by atoms with Crippen molar-refractivity contribution in [1.82, 2.24) is 10.2 Å². The van der Waals surface area contributed by atoms with Crippen LogP contribution in [0.25, 0.3) is 11.1 Å². The van der Waals surface area contributed by atoms with Gasteiger partial charge in [0.1, 0.15) is 11.6 Å². The highest BCUT2D eigenvalue weighted by Crippen LogP contribution is 2.29. The lowest BCUT2D eigenvalue weighted by Crippen LogP contribution is -2.35. The predicted molar refractivity (Wildman–Crippen MR) is 159 cm³/mol. The number of nitrogens with one attached hydrogen (secondary N) is 1. The van der Waals surface area contributed by atoms with E-state index in [1.54, 1.807) is 67.8 Å². The molecule has 0 heterocycles. The number of hydrogen-bond donors (Lipinski definition) is 2. The third kappa shape index (κ3) is 7.60. The Morgan fingerprint density at radius 1 is 0.857 bits per heavy atom. The summed E-state index contributed by atoms with van der Waals surface area (Å²) in [6, 6.07) is 27.1. The number of methoxy groups -OCH3 is 1. The van der Waals surface area contributed by atoms with Gasteiger partial charge in [-0.25, -0.2) is 4.39 Å². The van der Waals surface area contributed by atoms with Crippen LogP contribution in [-0.2, 0) is 11.2 Å². The van der Waals surface area contributed by atoms with Crippen molar-refractivity contribution < 1.29 is 28.6 Å². The first-order valence-electron chi connectivity index (χ1n) is 13.7. The van der Waals surface area contributed by atoms with Crippen LogP contribution in [0.2, 0.25) is 0 Å². The van der Waals surface area contributed by atoms with Crippen LogP contribution in [0.4, 0.5) is 4.39 Å². The SMILES string of the molecule is COc1cccc(CCN(CCC(=O)O)C(=O)c2ccccc2-c2ccccc2C(=O)NC(C)c2ccc(F)cc2)c1. The summed E-state index contributed by atoms with van der Waals surface area (Å²) in [5.74, 6) is -1.33. The van der Waals surface area contributed by atoms with E-state index in [-0.39, 0.29) is 36.6 Å². The van der Waals surface area contributed by atoms with E-state index in [1.165, 1.54) is 17.0 Å². The Bertz CT molecular complexity index is 1550. The van der Waals surface area contributed by atoms with E-state index in [4.69, 9.17) is 4.74 Å². The highest BCUT2D eigenvalue weighted by molar-refractivity contribution is 6.06. The number of carboxylic acids is 1.